The molecule has 3 unspecified atom stereocenters. The van der Waals surface area contributed by atoms with Gasteiger partial charge in [0.05, 0.1) is 25.1 Å². The van der Waals surface area contributed by atoms with Crippen LogP contribution in [-0.4, -0.2) is 132 Å². The standard InChI is InChI=1S/C46H69N5O9/c1-26(2)37(47-42(54)38(27(3)4)48(9)10)43(55)49(11)39(28(5)6)44(56)50-23-17-22-33(50)40(53)31-20-16-21-32(31)46(58)60-41(29(7)8)45(57)51-34(35(59-12)25-36(51)52)24-30-18-14-13-15-19-30/h13-15,18-19,25-29,31-34,37-39,41H,16-17,20-24H2,1-12H3,(H,47,54)/t31?,32?,33?,34-,37-,38-,39-,41-/m0/s1. The summed E-state index contributed by atoms with van der Waals surface area (Å²) in [5, 5.41) is 2.96. The second-order valence-corrected chi connectivity index (χ2v) is 18.4. The Balaban J connectivity index is 1.50. The van der Waals surface area contributed by atoms with Crippen LogP contribution in [0.4, 0.5) is 0 Å². The van der Waals surface area contributed by atoms with E-state index >= 15 is 0 Å². The molecule has 1 saturated carbocycles. The Morgan fingerprint density at radius 2 is 1.40 bits per heavy atom. The van der Waals surface area contributed by atoms with Gasteiger partial charge in [-0.1, -0.05) is 92.1 Å². The molecule has 2 fully saturated rings. The largest absolute Gasteiger partial charge is 0.499 e. The molecule has 14 nitrogen and oxygen atoms in total. The minimum atomic E-state index is -1.29. The van der Waals surface area contributed by atoms with Crippen molar-refractivity contribution in [2.24, 2.45) is 35.5 Å². The van der Waals surface area contributed by atoms with Gasteiger partial charge >= 0.3 is 5.97 Å². The number of likely N-dealkylation sites (tertiary alicyclic amines) is 1. The maximum absolute atomic E-state index is 14.5. The summed E-state index contributed by atoms with van der Waals surface area (Å²) in [6, 6.07) is 5.66. The molecule has 60 heavy (non-hydrogen) atoms. The lowest BCUT2D eigenvalue weighted by Crippen LogP contribution is -2.60. The van der Waals surface area contributed by atoms with Gasteiger partial charge in [-0.3, -0.25) is 43.4 Å². The van der Waals surface area contributed by atoms with Crippen molar-refractivity contribution in [3.05, 3.63) is 47.7 Å². The molecule has 8 atom stereocenters. The molecule has 0 radical (unpaired) electrons. The number of benzene rings is 1. The summed E-state index contributed by atoms with van der Waals surface area (Å²) in [4.78, 5) is 104. The normalized spacial score (nSPS) is 22.6. The van der Waals surface area contributed by atoms with Crippen molar-refractivity contribution in [3.63, 3.8) is 0 Å². The summed E-state index contributed by atoms with van der Waals surface area (Å²) < 4.78 is 11.5. The van der Waals surface area contributed by atoms with Crippen LogP contribution in [0, 0.1) is 35.5 Å². The maximum Gasteiger partial charge on any atom is 0.310 e. The zero-order valence-corrected chi connectivity index (χ0v) is 37.8. The molecular weight excluding hydrogens is 767 g/mol. The zero-order valence-electron chi connectivity index (χ0n) is 37.8. The van der Waals surface area contributed by atoms with Crippen LogP contribution in [0.15, 0.2) is 42.2 Å². The summed E-state index contributed by atoms with van der Waals surface area (Å²) >= 11 is 0. The van der Waals surface area contributed by atoms with Crippen LogP contribution in [0.2, 0.25) is 0 Å². The monoisotopic (exact) mass is 836 g/mol. The fraction of sp³-hybridized carbons (Fsp3) is 0.674. The van der Waals surface area contributed by atoms with Crippen molar-refractivity contribution in [2.75, 3.05) is 34.8 Å². The Morgan fingerprint density at radius 1 is 0.783 bits per heavy atom. The van der Waals surface area contributed by atoms with E-state index in [1.165, 1.54) is 18.1 Å². The number of likely N-dealkylation sites (N-methyl/N-ethyl adjacent to an activating group) is 2. The average Bonchev–Trinajstić information content (AvgIpc) is 3.94. The van der Waals surface area contributed by atoms with Crippen LogP contribution in [0.25, 0.3) is 0 Å². The van der Waals surface area contributed by atoms with E-state index in [4.69, 9.17) is 9.47 Å². The van der Waals surface area contributed by atoms with Crippen molar-refractivity contribution < 1.29 is 43.0 Å². The number of amides is 5. The molecule has 2 aliphatic heterocycles. The quantitative estimate of drug-likeness (QED) is 0.212. The van der Waals surface area contributed by atoms with Crippen molar-refractivity contribution in [3.8, 4) is 0 Å². The molecule has 1 aromatic carbocycles. The van der Waals surface area contributed by atoms with Crippen LogP contribution in [-0.2, 0) is 49.5 Å². The number of Topliss-reactive ketones (excluding diaryl/α,β-unsaturated/α-hetero) is 1. The third-order valence-electron chi connectivity index (χ3n) is 12.4. The molecule has 5 amide bonds. The lowest BCUT2D eigenvalue weighted by Gasteiger charge is -2.38. The van der Waals surface area contributed by atoms with Gasteiger partial charge in [0, 0.05) is 32.0 Å². The highest BCUT2D eigenvalue weighted by Gasteiger charge is 2.49. The number of esters is 1. The van der Waals surface area contributed by atoms with Crippen molar-refractivity contribution >= 4 is 41.3 Å². The highest BCUT2D eigenvalue weighted by molar-refractivity contribution is 6.06. The topological polar surface area (TPSA) is 163 Å². The van der Waals surface area contributed by atoms with Gasteiger partial charge in [0.2, 0.25) is 17.7 Å². The number of hydrogen-bond acceptors (Lipinski definition) is 10. The number of nitrogens with one attached hydrogen (secondary N) is 1. The van der Waals surface area contributed by atoms with E-state index in [9.17, 15) is 33.6 Å². The molecule has 0 spiro atoms. The summed E-state index contributed by atoms with van der Waals surface area (Å²) in [7, 11) is 6.66. The molecule has 332 valence electrons. The number of nitrogens with zero attached hydrogens (tertiary/aromatic N) is 4. The van der Waals surface area contributed by atoms with Crippen LogP contribution < -0.4 is 5.32 Å². The smallest absolute Gasteiger partial charge is 0.310 e. The first-order chi connectivity index (χ1) is 28.2. The fourth-order valence-corrected chi connectivity index (χ4v) is 9.34. The zero-order chi connectivity index (χ0) is 44.7. The first-order valence-electron chi connectivity index (χ1n) is 21.7. The van der Waals surface area contributed by atoms with Crippen molar-refractivity contribution in [2.45, 2.75) is 130 Å². The lowest BCUT2D eigenvalue weighted by atomic mass is 9.87. The summed E-state index contributed by atoms with van der Waals surface area (Å²) in [5.74, 6) is -5.44. The maximum atomic E-state index is 14.5. The van der Waals surface area contributed by atoms with Crippen LogP contribution in [0.3, 0.4) is 0 Å². The molecule has 0 aromatic heterocycles. The summed E-state index contributed by atoms with van der Waals surface area (Å²) in [6.45, 7) is 15.1. The molecule has 2 heterocycles. The Hall–Kier alpha value is -4.59. The number of ketones is 1. The molecule has 3 aliphatic rings. The summed E-state index contributed by atoms with van der Waals surface area (Å²) in [5.41, 5.74) is 0.893. The third kappa shape index (κ3) is 10.6. The molecule has 0 bridgehead atoms. The van der Waals surface area contributed by atoms with Gasteiger partial charge in [-0.05, 0) is 69.0 Å². The third-order valence-corrected chi connectivity index (χ3v) is 12.4. The number of imide groups is 1. The number of carbonyl (C=O) groups is 7. The van der Waals surface area contributed by atoms with Crippen molar-refractivity contribution in [1.82, 2.24) is 24.9 Å². The first-order valence-corrected chi connectivity index (χ1v) is 21.7. The van der Waals surface area contributed by atoms with E-state index in [-0.39, 0.29) is 35.4 Å². The second-order valence-electron chi connectivity index (χ2n) is 18.4. The van der Waals surface area contributed by atoms with Crippen LogP contribution in [0.1, 0.15) is 93.1 Å². The van der Waals surface area contributed by atoms with E-state index in [0.29, 0.717) is 50.8 Å². The van der Waals surface area contributed by atoms with E-state index in [1.54, 1.807) is 25.8 Å². The molecule has 14 heteroatoms. The minimum Gasteiger partial charge on any atom is -0.499 e. The predicted octanol–water partition coefficient (Wildman–Crippen LogP) is 4.25. The number of ether oxygens (including phenoxy) is 2. The number of carbonyl (C=O) groups excluding carboxylic acids is 7. The van der Waals surface area contributed by atoms with E-state index in [0.717, 1.165) is 10.5 Å². The molecular formula is C46H69N5O9. The minimum absolute atomic E-state index is 0.00332. The van der Waals surface area contributed by atoms with Gasteiger partial charge in [0.25, 0.3) is 11.8 Å². The van der Waals surface area contributed by atoms with Crippen LogP contribution >= 0.6 is 0 Å². The van der Waals surface area contributed by atoms with E-state index < -0.39 is 77.8 Å². The SMILES string of the molecule is COC1=CC(=O)N(C(=O)[C@@H](OC(=O)C2CCCC2C(=O)C2CCCN2C(=O)[C@H](C(C)C)N(C)C(=O)[C@@H](NC(=O)[C@H](C(C)C)N(C)C)C(C)C)C(C)C)[C@H]1Cc1ccccc1. The van der Waals surface area contributed by atoms with Gasteiger partial charge in [0.1, 0.15) is 23.9 Å². The molecule has 1 saturated heterocycles. The average molecular weight is 836 g/mol. The van der Waals surface area contributed by atoms with E-state index in [1.807, 2.05) is 90.9 Å². The lowest BCUT2D eigenvalue weighted by molar-refractivity contribution is -0.170. The van der Waals surface area contributed by atoms with Crippen molar-refractivity contribution in [1.29, 1.82) is 0 Å². The predicted molar refractivity (Wildman–Crippen MR) is 227 cm³/mol. The van der Waals surface area contributed by atoms with Gasteiger partial charge in [-0.15, -0.1) is 0 Å². The Bertz CT molecular complexity index is 1750. The van der Waals surface area contributed by atoms with E-state index in [2.05, 4.69) is 5.32 Å². The Morgan fingerprint density at radius 3 is 1.95 bits per heavy atom. The second kappa shape index (κ2) is 20.8. The first kappa shape index (κ1) is 48.1. The number of methoxy groups -OCH3 is 1. The molecule has 1 aromatic rings. The molecule has 4 rings (SSSR count). The molecule has 1 N–H and O–H groups in total. The summed E-state index contributed by atoms with van der Waals surface area (Å²) in [6.07, 6.45) is 2.70. The number of hydrogen-bond donors (Lipinski definition) is 1. The van der Waals surface area contributed by atoms with Crippen LogP contribution in [0.5, 0.6) is 0 Å². The Labute approximate surface area is 356 Å². The highest BCUT2D eigenvalue weighted by atomic mass is 16.5. The van der Waals surface area contributed by atoms with Gasteiger partial charge in [-0.2, -0.15) is 0 Å². The Kier molecular flexibility index (Phi) is 16.7. The number of rotatable bonds is 18. The fourth-order valence-electron chi connectivity index (χ4n) is 9.34. The van der Waals surface area contributed by atoms with Gasteiger partial charge in [0.15, 0.2) is 11.9 Å². The molecule has 1 aliphatic carbocycles. The van der Waals surface area contributed by atoms with Gasteiger partial charge < -0.3 is 24.6 Å². The van der Waals surface area contributed by atoms with Gasteiger partial charge in [-0.25, -0.2) is 0 Å². The highest BCUT2D eigenvalue weighted by Crippen LogP contribution is 2.38.